The first-order valence-electron chi connectivity index (χ1n) is 11.9. The summed E-state index contributed by atoms with van der Waals surface area (Å²) >= 11 is 0. The Labute approximate surface area is 222 Å². The normalized spacial score (nSPS) is 13.7. The largest absolute Gasteiger partial charge is 0.493 e. The molecule has 1 aromatic heterocycles. The smallest absolute Gasteiger partial charge is 0.469 e. The van der Waals surface area contributed by atoms with Crippen LogP contribution < -0.4 is 10.5 Å². The van der Waals surface area contributed by atoms with E-state index >= 15 is 0 Å². The highest BCUT2D eigenvalue weighted by Gasteiger charge is 2.36. The van der Waals surface area contributed by atoms with Crippen LogP contribution in [-0.4, -0.2) is 33.0 Å². The fraction of sp³-hybridized carbons (Fsp3) is 0.222. The Kier molecular flexibility index (Phi) is 8.29. The Bertz CT molecular complexity index is 1450. The van der Waals surface area contributed by atoms with Crippen LogP contribution in [0.5, 0.6) is 5.75 Å². The molecule has 0 saturated heterocycles. The van der Waals surface area contributed by atoms with Crippen LogP contribution in [0.4, 0.5) is 13.2 Å². The molecule has 39 heavy (non-hydrogen) atoms. The number of aromatic amines is 1. The van der Waals surface area contributed by atoms with Crippen LogP contribution in [0.3, 0.4) is 0 Å². The molecule has 12 heteroatoms. The van der Waals surface area contributed by atoms with Gasteiger partial charge in [-0.3, -0.25) is 4.52 Å². The first-order valence-corrected chi connectivity index (χ1v) is 13.4. The number of imidazole rings is 1. The molecule has 0 unspecified atom stereocenters. The second-order valence-electron chi connectivity index (χ2n) is 9.18. The summed E-state index contributed by atoms with van der Waals surface area (Å²) in [5.41, 5.74) is 6.46. The molecular weight excluding hydrogens is 534 g/mol. The number of H-pyrrole nitrogens is 1. The summed E-state index contributed by atoms with van der Waals surface area (Å²) in [6.45, 7) is 0.944. The zero-order valence-corrected chi connectivity index (χ0v) is 21.7. The van der Waals surface area contributed by atoms with Gasteiger partial charge in [0, 0.05) is 18.2 Å². The van der Waals surface area contributed by atoms with Crippen LogP contribution in [0.15, 0.2) is 79.0 Å². The van der Waals surface area contributed by atoms with Gasteiger partial charge in [0.15, 0.2) is 0 Å². The minimum absolute atomic E-state index is 0.00214. The van der Waals surface area contributed by atoms with Crippen molar-refractivity contribution in [2.24, 2.45) is 5.73 Å². The lowest BCUT2D eigenvalue weighted by Gasteiger charge is -2.22. The molecule has 206 valence electrons. The van der Waals surface area contributed by atoms with E-state index in [9.17, 15) is 17.7 Å². The standard InChI is InChI=1S/C27H27F3N3O5P/c1-26(31,17-38-39(34,35)36)25-32-16-24(33-25)22-12-11-21(15-23(22)27(28,29)30)37-14-13-18-7-9-20(10-8-18)19-5-3-2-4-6-19/h2-12,15-16H,13-14,17,31H2,1H3,(H,32,33)(H2,34,35,36)/t26-/m1/s1. The fourth-order valence-corrected chi connectivity index (χ4v) is 4.33. The summed E-state index contributed by atoms with van der Waals surface area (Å²) in [6, 6.07) is 21.4. The summed E-state index contributed by atoms with van der Waals surface area (Å²) in [5, 5.41) is 0. The van der Waals surface area contributed by atoms with Gasteiger partial charge in [0.1, 0.15) is 11.6 Å². The van der Waals surface area contributed by atoms with E-state index in [1.807, 2.05) is 54.6 Å². The van der Waals surface area contributed by atoms with E-state index in [0.29, 0.717) is 6.42 Å². The predicted octanol–water partition coefficient (Wildman–Crippen LogP) is 5.67. The first kappa shape index (κ1) is 28.5. The van der Waals surface area contributed by atoms with Gasteiger partial charge in [-0.25, -0.2) is 9.55 Å². The van der Waals surface area contributed by atoms with Gasteiger partial charge >= 0.3 is 14.0 Å². The van der Waals surface area contributed by atoms with E-state index in [1.54, 1.807) is 0 Å². The average Bonchev–Trinajstić information content (AvgIpc) is 3.39. The number of nitrogens with one attached hydrogen (secondary N) is 1. The lowest BCUT2D eigenvalue weighted by molar-refractivity contribution is -0.137. The van der Waals surface area contributed by atoms with Crippen molar-refractivity contribution < 1.29 is 36.8 Å². The highest BCUT2D eigenvalue weighted by molar-refractivity contribution is 7.46. The van der Waals surface area contributed by atoms with E-state index in [-0.39, 0.29) is 29.4 Å². The number of alkyl halides is 3. The van der Waals surface area contributed by atoms with Crippen molar-refractivity contribution in [1.29, 1.82) is 0 Å². The van der Waals surface area contributed by atoms with Crippen molar-refractivity contribution in [1.82, 2.24) is 9.97 Å². The predicted molar refractivity (Wildman–Crippen MR) is 140 cm³/mol. The molecule has 5 N–H and O–H groups in total. The number of benzene rings is 3. The van der Waals surface area contributed by atoms with E-state index in [1.165, 1.54) is 25.3 Å². The second kappa shape index (κ2) is 11.3. The monoisotopic (exact) mass is 561 g/mol. The molecule has 0 radical (unpaired) electrons. The summed E-state index contributed by atoms with van der Waals surface area (Å²) in [7, 11) is -4.80. The molecule has 0 amide bonds. The molecule has 0 aliphatic heterocycles. The van der Waals surface area contributed by atoms with Gasteiger partial charge in [-0.05, 0) is 41.8 Å². The molecule has 0 aliphatic rings. The van der Waals surface area contributed by atoms with Gasteiger partial charge in [-0.2, -0.15) is 13.2 Å². The summed E-state index contributed by atoms with van der Waals surface area (Å²) in [5.74, 6) is 0.0548. The third-order valence-electron chi connectivity index (χ3n) is 5.94. The van der Waals surface area contributed by atoms with Crippen LogP contribution in [0.1, 0.15) is 23.9 Å². The zero-order valence-electron chi connectivity index (χ0n) is 20.9. The van der Waals surface area contributed by atoms with Crippen LogP contribution in [0, 0.1) is 0 Å². The Hall–Kier alpha value is -3.47. The highest BCUT2D eigenvalue weighted by Crippen LogP contribution is 2.40. The molecule has 4 aromatic rings. The maximum Gasteiger partial charge on any atom is 0.469 e. The van der Waals surface area contributed by atoms with Crippen molar-refractivity contribution in [3.8, 4) is 28.1 Å². The quantitative estimate of drug-likeness (QED) is 0.184. The summed E-state index contributed by atoms with van der Waals surface area (Å²) < 4.78 is 62.9. The zero-order chi connectivity index (χ0) is 28.3. The number of nitrogens with two attached hydrogens (primary N) is 1. The van der Waals surface area contributed by atoms with Crippen molar-refractivity contribution in [3.63, 3.8) is 0 Å². The number of aromatic nitrogens is 2. The van der Waals surface area contributed by atoms with Crippen molar-refractivity contribution in [2.75, 3.05) is 13.2 Å². The minimum atomic E-state index is -4.80. The molecule has 0 fully saturated rings. The maximum atomic E-state index is 13.9. The third-order valence-corrected chi connectivity index (χ3v) is 6.41. The molecule has 4 rings (SSSR count). The van der Waals surface area contributed by atoms with Crippen LogP contribution in [0.2, 0.25) is 0 Å². The number of halogens is 3. The average molecular weight is 561 g/mol. The van der Waals surface area contributed by atoms with Crippen molar-refractivity contribution in [2.45, 2.75) is 25.1 Å². The van der Waals surface area contributed by atoms with Crippen molar-refractivity contribution in [3.05, 3.63) is 95.9 Å². The molecule has 0 aliphatic carbocycles. The molecule has 1 heterocycles. The Morgan fingerprint density at radius 2 is 1.67 bits per heavy atom. The van der Waals surface area contributed by atoms with Gasteiger partial charge < -0.3 is 25.2 Å². The molecular formula is C27H27F3N3O5P. The number of hydrogen-bond donors (Lipinski definition) is 4. The van der Waals surface area contributed by atoms with Gasteiger partial charge in [-0.15, -0.1) is 0 Å². The van der Waals surface area contributed by atoms with Gasteiger partial charge in [0.25, 0.3) is 0 Å². The molecule has 0 saturated carbocycles. The van der Waals surface area contributed by atoms with Crippen molar-refractivity contribution >= 4 is 7.82 Å². The van der Waals surface area contributed by atoms with E-state index in [4.69, 9.17) is 20.3 Å². The van der Waals surface area contributed by atoms with E-state index in [0.717, 1.165) is 22.8 Å². The Balaban J connectivity index is 1.46. The lowest BCUT2D eigenvalue weighted by Crippen LogP contribution is -2.39. The topological polar surface area (TPSA) is 131 Å². The maximum absolute atomic E-state index is 13.9. The van der Waals surface area contributed by atoms with E-state index < -0.39 is 31.7 Å². The molecule has 0 spiro atoms. The SMILES string of the molecule is C[C@@](N)(COP(=O)(O)O)c1nc(-c2ccc(OCCc3ccc(-c4ccccc4)cc3)cc2C(F)(F)F)c[nH]1. The van der Waals surface area contributed by atoms with Gasteiger partial charge in [0.05, 0.1) is 30.0 Å². The first-order chi connectivity index (χ1) is 18.3. The Morgan fingerprint density at radius 1 is 1.00 bits per heavy atom. The highest BCUT2D eigenvalue weighted by atomic mass is 31.2. The minimum Gasteiger partial charge on any atom is -0.493 e. The number of phosphoric ester groups is 1. The van der Waals surface area contributed by atoms with Crippen LogP contribution in [0.25, 0.3) is 22.4 Å². The molecule has 3 aromatic carbocycles. The fourth-order valence-electron chi connectivity index (χ4n) is 3.89. The molecule has 1 atom stereocenters. The van der Waals surface area contributed by atoms with Crippen LogP contribution >= 0.6 is 7.82 Å². The third kappa shape index (κ3) is 7.56. The number of phosphoric acid groups is 1. The second-order valence-corrected chi connectivity index (χ2v) is 10.4. The molecule has 8 nitrogen and oxygen atoms in total. The number of nitrogens with zero attached hydrogens (tertiary/aromatic N) is 1. The van der Waals surface area contributed by atoms with Crippen LogP contribution in [-0.2, 0) is 27.2 Å². The number of rotatable bonds is 10. The number of ether oxygens (including phenoxy) is 1. The number of hydrogen-bond acceptors (Lipinski definition) is 5. The molecule has 0 bridgehead atoms. The summed E-state index contributed by atoms with van der Waals surface area (Å²) in [4.78, 5) is 24.6. The van der Waals surface area contributed by atoms with Gasteiger partial charge in [-0.1, -0.05) is 54.6 Å². The van der Waals surface area contributed by atoms with E-state index in [2.05, 4.69) is 14.5 Å². The Morgan fingerprint density at radius 3 is 2.31 bits per heavy atom. The van der Waals surface area contributed by atoms with Gasteiger partial charge in [0.2, 0.25) is 0 Å². The lowest BCUT2D eigenvalue weighted by atomic mass is 10.0. The summed E-state index contributed by atoms with van der Waals surface area (Å²) in [6.07, 6.45) is -2.95.